The lowest BCUT2D eigenvalue weighted by Crippen LogP contribution is -2.15. The van der Waals surface area contributed by atoms with Crippen molar-refractivity contribution in [3.05, 3.63) is 34.9 Å². The van der Waals surface area contributed by atoms with Crippen LogP contribution in [0.25, 0.3) is 0 Å². The van der Waals surface area contributed by atoms with Crippen LogP contribution in [0.4, 0.5) is 0 Å². The molecule has 1 aromatic rings. The first-order chi connectivity index (χ1) is 6.56. The maximum atomic E-state index is 11.4. The molecular weight excluding hydrogens is 200 g/mol. The maximum Gasteiger partial charge on any atom is 0.229 e. The van der Waals surface area contributed by atoms with Gasteiger partial charge in [0.05, 0.1) is 5.88 Å². The van der Waals surface area contributed by atoms with Crippen LogP contribution in [0.15, 0.2) is 18.2 Å². The Hall–Kier alpha value is -1.15. The molecule has 0 aliphatic rings. The zero-order chi connectivity index (χ0) is 10.7. The van der Waals surface area contributed by atoms with E-state index < -0.39 is 11.6 Å². The van der Waals surface area contributed by atoms with Crippen molar-refractivity contribution in [3.63, 3.8) is 0 Å². The second-order valence-corrected chi connectivity index (χ2v) is 3.45. The highest BCUT2D eigenvalue weighted by atomic mass is 35.5. The Labute approximate surface area is 87.9 Å². The van der Waals surface area contributed by atoms with Gasteiger partial charge in [0.2, 0.25) is 11.6 Å². The number of carbonyl (C=O) groups excluding carboxylic acids is 2. The van der Waals surface area contributed by atoms with E-state index >= 15 is 0 Å². The highest BCUT2D eigenvalue weighted by molar-refractivity contribution is 6.51. The van der Waals surface area contributed by atoms with E-state index in [2.05, 4.69) is 0 Å². The van der Waals surface area contributed by atoms with Crippen LogP contribution in [-0.2, 0) is 4.79 Å². The van der Waals surface area contributed by atoms with Crippen molar-refractivity contribution < 1.29 is 9.59 Å². The van der Waals surface area contributed by atoms with Gasteiger partial charge in [0, 0.05) is 5.56 Å². The van der Waals surface area contributed by atoms with Crippen LogP contribution >= 0.6 is 11.6 Å². The molecule has 0 saturated carbocycles. The summed E-state index contributed by atoms with van der Waals surface area (Å²) in [5, 5.41) is 0. The maximum absolute atomic E-state index is 11.4. The average molecular weight is 211 g/mol. The number of hydrogen-bond donors (Lipinski definition) is 0. The van der Waals surface area contributed by atoms with E-state index in [0.29, 0.717) is 5.56 Å². The molecule has 0 aliphatic heterocycles. The Bertz CT molecular complexity index is 383. The molecule has 0 radical (unpaired) electrons. The molecule has 0 spiro atoms. The van der Waals surface area contributed by atoms with Crippen molar-refractivity contribution in [3.8, 4) is 0 Å². The van der Waals surface area contributed by atoms with E-state index in [4.69, 9.17) is 11.6 Å². The molecule has 0 aromatic heterocycles. The number of benzene rings is 1. The summed E-state index contributed by atoms with van der Waals surface area (Å²) in [6.07, 6.45) is 0. The fourth-order valence-corrected chi connectivity index (χ4v) is 1.23. The first kappa shape index (κ1) is 10.9. The number of alkyl halides is 1. The number of hydrogen-bond acceptors (Lipinski definition) is 2. The minimum atomic E-state index is -0.560. The van der Waals surface area contributed by atoms with Gasteiger partial charge in [0.15, 0.2) is 0 Å². The lowest BCUT2D eigenvalue weighted by Gasteiger charge is -2.02. The molecule has 0 saturated heterocycles. The average Bonchev–Trinajstić information content (AvgIpc) is 2.20. The third kappa shape index (κ3) is 2.20. The van der Waals surface area contributed by atoms with Crippen molar-refractivity contribution in [1.29, 1.82) is 0 Å². The fourth-order valence-electron chi connectivity index (χ4n) is 1.10. The van der Waals surface area contributed by atoms with Gasteiger partial charge in [-0.1, -0.05) is 12.1 Å². The molecule has 14 heavy (non-hydrogen) atoms. The zero-order valence-electron chi connectivity index (χ0n) is 8.13. The van der Waals surface area contributed by atoms with Crippen LogP contribution in [0.3, 0.4) is 0 Å². The van der Waals surface area contributed by atoms with Crippen LogP contribution in [-0.4, -0.2) is 17.4 Å². The van der Waals surface area contributed by atoms with Crippen LogP contribution in [0.2, 0.25) is 0 Å². The molecule has 0 N–H and O–H groups in total. The molecule has 2 nitrogen and oxygen atoms in total. The number of halogens is 1. The molecule has 0 bridgehead atoms. The molecule has 0 fully saturated rings. The molecule has 0 amide bonds. The Morgan fingerprint density at radius 2 is 1.86 bits per heavy atom. The Morgan fingerprint density at radius 1 is 1.21 bits per heavy atom. The molecule has 0 heterocycles. The summed E-state index contributed by atoms with van der Waals surface area (Å²) in [5.41, 5.74) is 2.51. The lowest BCUT2D eigenvalue weighted by atomic mass is 10.0. The van der Waals surface area contributed by atoms with Gasteiger partial charge in [-0.25, -0.2) is 0 Å². The molecule has 0 atom stereocenters. The topological polar surface area (TPSA) is 34.1 Å². The summed E-state index contributed by atoms with van der Waals surface area (Å²) in [6, 6.07) is 5.18. The molecule has 0 unspecified atom stereocenters. The highest BCUT2D eigenvalue weighted by Gasteiger charge is 2.14. The third-order valence-electron chi connectivity index (χ3n) is 2.14. The Balaban J connectivity index is 3.03. The summed E-state index contributed by atoms with van der Waals surface area (Å²) in [4.78, 5) is 22.4. The van der Waals surface area contributed by atoms with E-state index in [9.17, 15) is 9.59 Å². The monoisotopic (exact) mass is 210 g/mol. The van der Waals surface area contributed by atoms with E-state index in [1.165, 1.54) is 0 Å². The molecule has 1 rings (SSSR count). The normalized spacial score (nSPS) is 9.93. The van der Waals surface area contributed by atoms with Crippen molar-refractivity contribution in [1.82, 2.24) is 0 Å². The van der Waals surface area contributed by atoms with Gasteiger partial charge >= 0.3 is 0 Å². The second-order valence-electron chi connectivity index (χ2n) is 3.18. The van der Waals surface area contributed by atoms with Gasteiger partial charge in [-0.2, -0.15) is 0 Å². The van der Waals surface area contributed by atoms with Crippen LogP contribution in [0.5, 0.6) is 0 Å². The summed E-state index contributed by atoms with van der Waals surface area (Å²) >= 11 is 5.30. The van der Waals surface area contributed by atoms with E-state index in [-0.39, 0.29) is 5.88 Å². The summed E-state index contributed by atoms with van der Waals surface area (Å²) in [5.74, 6) is -1.33. The Morgan fingerprint density at radius 3 is 2.36 bits per heavy atom. The van der Waals surface area contributed by atoms with E-state index in [1.54, 1.807) is 12.1 Å². The van der Waals surface area contributed by atoms with Gasteiger partial charge in [0.1, 0.15) is 0 Å². The number of rotatable bonds is 3. The van der Waals surface area contributed by atoms with Gasteiger partial charge in [-0.3, -0.25) is 9.59 Å². The first-order valence-electron chi connectivity index (χ1n) is 4.27. The van der Waals surface area contributed by atoms with Gasteiger partial charge in [-0.05, 0) is 31.0 Å². The second kappa shape index (κ2) is 4.38. The SMILES string of the molecule is Cc1ccc(C(=O)C(=O)CCl)cc1C. The third-order valence-corrected chi connectivity index (χ3v) is 2.39. The molecule has 0 aliphatic carbocycles. The fraction of sp³-hybridized carbons (Fsp3) is 0.273. The van der Waals surface area contributed by atoms with Crippen molar-refractivity contribution in [2.75, 3.05) is 5.88 Å². The summed E-state index contributed by atoms with van der Waals surface area (Å²) < 4.78 is 0. The van der Waals surface area contributed by atoms with Crippen molar-refractivity contribution in [2.24, 2.45) is 0 Å². The van der Waals surface area contributed by atoms with Crippen LogP contribution in [0, 0.1) is 13.8 Å². The molecule has 74 valence electrons. The minimum Gasteiger partial charge on any atom is -0.289 e. The summed E-state index contributed by atoms with van der Waals surface area (Å²) in [6.45, 7) is 3.85. The predicted octanol–water partition coefficient (Wildman–Crippen LogP) is 2.29. The molecule has 1 aromatic carbocycles. The largest absolute Gasteiger partial charge is 0.289 e. The summed E-state index contributed by atoms with van der Waals surface area (Å²) in [7, 11) is 0. The van der Waals surface area contributed by atoms with Crippen LogP contribution in [0.1, 0.15) is 21.5 Å². The number of carbonyl (C=O) groups is 2. The molecular formula is C11H11ClO2. The quantitative estimate of drug-likeness (QED) is 0.436. The van der Waals surface area contributed by atoms with Gasteiger partial charge < -0.3 is 0 Å². The predicted molar refractivity (Wildman–Crippen MR) is 56.0 cm³/mol. The van der Waals surface area contributed by atoms with E-state index in [1.807, 2.05) is 19.9 Å². The zero-order valence-corrected chi connectivity index (χ0v) is 8.89. The highest BCUT2D eigenvalue weighted by Crippen LogP contribution is 2.10. The van der Waals surface area contributed by atoms with Gasteiger partial charge in [-0.15, -0.1) is 11.6 Å². The van der Waals surface area contributed by atoms with Crippen LogP contribution < -0.4 is 0 Å². The first-order valence-corrected chi connectivity index (χ1v) is 4.80. The number of aryl methyl sites for hydroxylation is 2. The molecule has 3 heteroatoms. The number of ketones is 2. The Kier molecular flexibility index (Phi) is 3.42. The standard InChI is InChI=1S/C11H11ClO2/c1-7-3-4-9(5-8(7)2)11(14)10(13)6-12/h3-5H,6H2,1-2H3. The minimum absolute atomic E-state index is 0.258. The van der Waals surface area contributed by atoms with Gasteiger partial charge in [0.25, 0.3) is 0 Å². The number of Topliss-reactive ketones (excluding diaryl/α,β-unsaturated/α-hetero) is 2. The van der Waals surface area contributed by atoms with E-state index in [0.717, 1.165) is 11.1 Å². The van der Waals surface area contributed by atoms with Crippen molar-refractivity contribution in [2.45, 2.75) is 13.8 Å². The van der Waals surface area contributed by atoms with Crippen molar-refractivity contribution >= 4 is 23.2 Å². The smallest absolute Gasteiger partial charge is 0.229 e. The lowest BCUT2D eigenvalue weighted by molar-refractivity contribution is -0.112.